The van der Waals surface area contributed by atoms with Crippen LogP contribution in [0, 0.1) is 0 Å². The number of benzene rings is 2. The van der Waals surface area contributed by atoms with Gasteiger partial charge in [0.05, 0.1) is 23.3 Å². The highest BCUT2D eigenvalue weighted by Crippen LogP contribution is 2.29. The van der Waals surface area contributed by atoms with E-state index in [9.17, 15) is 9.59 Å². The van der Waals surface area contributed by atoms with Gasteiger partial charge in [-0.05, 0) is 42.8 Å². The Bertz CT molecular complexity index is 1080. The highest BCUT2D eigenvalue weighted by molar-refractivity contribution is 6.07. The number of nitrogens with zero attached hydrogens (tertiary/aromatic N) is 1. The minimum atomic E-state index is -0.597. The van der Waals surface area contributed by atoms with Crippen LogP contribution in [0.4, 0.5) is 16.2 Å². The topological polar surface area (TPSA) is 125 Å². The molecular formula is C19H18N6O2. The zero-order valence-corrected chi connectivity index (χ0v) is 14.5. The van der Waals surface area contributed by atoms with E-state index in [0.29, 0.717) is 22.6 Å². The third-order valence-corrected chi connectivity index (χ3v) is 4.46. The molecule has 8 heteroatoms. The van der Waals surface area contributed by atoms with Crippen LogP contribution in [0.1, 0.15) is 18.5 Å². The maximum absolute atomic E-state index is 13.0. The number of aromatic amines is 1. The number of nitrogens with one attached hydrogen (secondary N) is 4. The molecule has 27 heavy (non-hydrogen) atoms. The van der Waals surface area contributed by atoms with Gasteiger partial charge in [0.1, 0.15) is 0 Å². The van der Waals surface area contributed by atoms with Crippen LogP contribution in [-0.2, 0) is 4.79 Å². The lowest BCUT2D eigenvalue weighted by Crippen LogP contribution is -2.46. The van der Waals surface area contributed by atoms with Crippen molar-refractivity contribution in [3.8, 4) is 0 Å². The number of hydrogen-bond acceptors (Lipinski definition) is 4. The van der Waals surface area contributed by atoms with E-state index >= 15 is 0 Å². The first-order valence-corrected chi connectivity index (χ1v) is 8.39. The summed E-state index contributed by atoms with van der Waals surface area (Å²) in [5.74, 6) is -0.310. The molecule has 1 aliphatic heterocycles. The van der Waals surface area contributed by atoms with Crippen molar-refractivity contribution >= 4 is 34.2 Å². The molecule has 2 heterocycles. The minimum Gasteiger partial charge on any atom is -0.399 e. The minimum absolute atomic E-state index is 0.310. The molecule has 0 saturated carbocycles. The van der Waals surface area contributed by atoms with Crippen LogP contribution in [0.15, 0.2) is 59.9 Å². The Morgan fingerprint density at radius 3 is 2.89 bits per heavy atom. The summed E-state index contributed by atoms with van der Waals surface area (Å²) in [7, 11) is 0. The number of hydrogen-bond donors (Lipinski definition) is 5. The molecule has 3 aromatic rings. The van der Waals surface area contributed by atoms with Crippen molar-refractivity contribution in [3.63, 3.8) is 0 Å². The Balaban J connectivity index is 1.68. The number of allylic oxidation sites excluding steroid dienone is 1. The summed E-state index contributed by atoms with van der Waals surface area (Å²) in [6.45, 7) is 1.70. The number of H-pyrrole nitrogens is 1. The molecule has 0 fully saturated rings. The molecule has 1 unspecified atom stereocenters. The van der Waals surface area contributed by atoms with Crippen LogP contribution >= 0.6 is 0 Å². The molecule has 4 rings (SSSR count). The predicted octanol–water partition coefficient (Wildman–Crippen LogP) is 2.41. The number of urea groups is 1. The first kappa shape index (κ1) is 16.6. The molecule has 6 N–H and O–H groups in total. The van der Waals surface area contributed by atoms with Gasteiger partial charge in [-0.2, -0.15) is 5.10 Å². The number of aromatic nitrogens is 2. The summed E-state index contributed by atoms with van der Waals surface area (Å²) in [6.07, 6.45) is 1.69. The van der Waals surface area contributed by atoms with Gasteiger partial charge in [-0.3, -0.25) is 9.89 Å². The van der Waals surface area contributed by atoms with E-state index in [4.69, 9.17) is 5.73 Å². The second-order valence-corrected chi connectivity index (χ2v) is 6.37. The molecule has 0 bridgehead atoms. The normalized spacial score (nSPS) is 16.8. The summed E-state index contributed by atoms with van der Waals surface area (Å²) < 4.78 is 0. The number of carbonyl (C=O) groups is 2. The first-order chi connectivity index (χ1) is 13.0. The largest absolute Gasteiger partial charge is 0.399 e. The molecule has 0 saturated heterocycles. The Morgan fingerprint density at radius 1 is 1.22 bits per heavy atom. The summed E-state index contributed by atoms with van der Waals surface area (Å²) in [4.78, 5) is 25.0. The molecule has 8 nitrogen and oxygen atoms in total. The van der Waals surface area contributed by atoms with Gasteiger partial charge in [-0.25, -0.2) is 4.79 Å². The van der Waals surface area contributed by atoms with E-state index in [-0.39, 0.29) is 11.9 Å². The number of fused-ring (bicyclic) bond motifs is 1. The van der Waals surface area contributed by atoms with Crippen molar-refractivity contribution < 1.29 is 9.59 Å². The number of amides is 3. The average molecular weight is 362 g/mol. The Labute approximate surface area is 154 Å². The van der Waals surface area contributed by atoms with Gasteiger partial charge in [0.2, 0.25) is 0 Å². The van der Waals surface area contributed by atoms with Gasteiger partial charge in [-0.1, -0.05) is 12.1 Å². The zero-order valence-electron chi connectivity index (χ0n) is 14.5. The fourth-order valence-electron chi connectivity index (χ4n) is 3.20. The summed E-state index contributed by atoms with van der Waals surface area (Å²) in [6, 6.07) is 11.6. The standard InChI is InChI=1S/C19H18N6O2/c1-10-16(17(24-19(27)22-10)11-3-2-4-13(20)7-11)18(26)23-14-5-6-15-12(8-14)9-21-25-15/h2-9,17H,20H2,1H3,(H,21,25)(H,23,26)(H2,22,24,27). The van der Waals surface area contributed by atoms with Gasteiger partial charge in [-0.15, -0.1) is 0 Å². The van der Waals surface area contributed by atoms with Crippen LogP contribution in [-0.4, -0.2) is 22.1 Å². The van der Waals surface area contributed by atoms with Crippen LogP contribution in [0.3, 0.4) is 0 Å². The number of nitrogen functional groups attached to an aromatic ring is 1. The monoisotopic (exact) mass is 362 g/mol. The molecule has 1 aliphatic rings. The van der Waals surface area contributed by atoms with Gasteiger partial charge in [0, 0.05) is 22.5 Å². The van der Waals surface area contributed by atoms with Gasteiger partial charge in [0.15, 0.2) is 0 Å². The fraction of sp³-hybridized carbons (Fsp3) is 0.105. The van der Waals surface area contributed by atoms with Gasteiger partial charge >= 0.3 is 6.03 Å². The van der Waals surface area contributed by atoms with E-state index in [1.54, 1.807) is 37.4 Å². The maximum atomic E-state index is 13.0. The van der Waals surface area contributed by atoms with Crippen molar-refractivity contribution in [2.24, 2.45) is 0 Å². The van der Waals surface area contributed by atoms with Crippen LogP contribution in [0.5, 0.6) is 0 Å². The molecule has 1 atom stereocenters. The highest BCUT2D eigenvalue weighted by atomic mass is 16.2. The summed E-state index contributed by atoms with van der Waals surface area (Å²) >= 11 is 0. The van der Waals surface area contributed by atoms with Crippen molar-refractivity contribution in [2.45, 2.75) is 13.0 Å². The molecule has 136 valence electrons. The lowest BCUT2D eigenvalue weighted by Gasteiger charge is -2.28. The molecule has 0 aliphatic carbocycles. The number of rotatable bonds is 3. The number of carbonyl (C=O) groups excluding carboxylic acids is 2. The van der Waals surface area contributed by atoms with Crippen LogP contribution < -0.4 is 21.7 Å². The average Bonchev–Trinajstić information content (AvgIpc) is 3.08. The third-order valence-electron chi connectivity index (χ3n) is 4.46. The number of nitrogens with two attached hydrogens (primary N) is 1. The Morgan fingerprint density at radius 2 is 2.07 bits per heavy atom. The molecular weight excluding hydrogens is 344 g/mol. The predicted molar refractivity (Wildman–Crippen MR) is 103 cm³/mol. The van der Waals surface area contributed by atoms with Crippen LogP contribution in [0.2, 0.25) is 0 Å². The van der Waals surface area contributed by atoms with Gasteiger partial charge < -0.3 is 21.7 Å². The third kappa shape index (κ3) is 3.20. The molecule has 0 spiro atoms. The first-order valence-electron chi connectivity index (χ1n) is 8.39. The zero-order chi connectivity index (χ0) is 19.0. The molecule has 0 radical (unpaired) electrons. The van der Waals surface area contributed by atoms with E-state index < -0.39 is 6.04 Å². The summed E-state index contributed by atoms with van der Waals surface area (Å²) in [5.41, 5.74) is 9.60. The Hall–Kier alpha value is -3.81. The van der Waals surface area contributed by atoms with Gasteiger partial charge in [0.25, 0.3) is 5.91 Å². The van der Waals surface area contributed by atoms with E-state index in [0.717, 1.165) is 16.5 Å². The lowest BCUT2D eigenvalue weighted by atomic mass is 9.94. The SMILES string of the molecule is CC1=C(C(=O)Nc2ccc3[nH]ncc3c2)C(c2cccc(N)c2)NC(=O)N1. The maximum Gasteiger partial charge on any atom is 0.319 e. The second-order valence-electron chi connectivity index (χ2n) is 6.37. The lowest BCUT2D eigenvalue weighted by molar-refractivity contribution is -0.113. The number of anilines is 2. The summed E-state index contributed by atoms with van der Waals surface area (Å²) in [5, 5.41) is 16.1. The van der Waals surface area contributed by atoms with Crippen molar-refractivity contribution in [1.82, 2.24) is 20.8 Å². The smallest absolute Gasteiger partial charge is 0.319 e. The fourth-order valence-corrected chi connectivity index (χ4v) is 3.20. The highest BCUT2D eigenvalue weighted by Gasteiger charge is 2.31. The molecule has 2 aromatic carbocycles. The van der Waals surface area contributed by atoms with Crippen molar-refractivity contribution in [1.29, 1.82) is 0 Å². The van der Waals surface area contributed by atoms with E-state index in [2.05, 4.69) is 26.1 Å². The molecule has 1 aromatic heterocycles. The van der Waals surface area contributed by atoms with E-state index in [1.165, 1.54) is 0 Å². The van der Waals surface area contributed by atoms with E-state index in [1.807, 2.05) is 18.2 Å². The quantitative estimate of drug-likeness (QED) is 0.459. The Kier molecular flexibility index (Phi) is 4.00. The molecule has 3 amide bonds. The van der Waals surface area contributed by atoms with Crippen LogP contribution in [0.25, 0.3) is 10.9 Å². The van der Waals surface area contributed by atoms with Crippen molar-refractivity contribution in [3.05, 3.63) is 65.5 Å². The second kappa shape index (κ2) is 6.49. The van der Waals surface area contributed by atoms with Crippen molar-refractivity contribution in [2.75, 3.05) is 11.1 Å².